The van der Waals surface area contributed by atoms with Crippen LogP contribution in [0.15, 0.2) is 18.2 Å². The molecule has 0 aliphatic carbocycles. The molecule has 0 saturated carbocycles. The summed E-state index contributed by atoms with van der Waals surface area (Å²) in [5.41, 5.74) is 2.36. The Morgan fingerprint density at radius 3 is 2.90 bits per heavy atom. The van der Waals surface area contributed by atoms with Crippen molar-refractivity contribution in [2.24, 2.45) is 5.92 Å². The Bertz CT molecular complexity index is 551. The number of benzene rings is 1. The Morgan fingerprint density at radius 2 is 2.30 bits per heavy atom. The number of carbonyl (C=O) groups is 1. The minimum atomic E-state index is -0.850. The van der Waals surface area contributed by atoms with Crippen molar-refractivity contribution in [3.8, 4) is 6.07 Å². The lowest BCUT2D eigenvalue weighted by molar-refractivity contribution is -0.141. The molecule has 0 bridgehead atoms. The van der Waals surface area contributed by atoms with Gasteiger partial charge in [-0.25, -0.2) is 0 Å². The number of nitriles is 1. The van der Waals surface area contributed by atoms with Crippen molar-refractivity contribution < 1.29 is 14.6 Å². The summed E-state index contributed by atoms with van der Waals surface area (Å²) in [6.07, 6.45) is 0. The second kappa shape index (κ2) is 5.93. The zero-order chi connectivity index (χ0) is 14.7. The summed E-state index contributed by atoms with van der Waals surface area (Å²) in [5, 5.41) is 18.6. The predicted octanol–water partition coefficient (Wildman–Crippen LogP) is 1.79. The Hall–Kier alpha value is -2.06. The quantitative estimate of drug-likeness (QED) is 0.906. The molecule has 1 aliphatic rings. The van der Waals surface area contributed by atoms with Crippen LogP contribution in [-0.2, 0) is 9.53 Å². The van der Waals surface area contributed by atoms with Crippen molar-refractivity contribution in [1.29, 1.82) is 5.26 Å². The highest BCUT2D eigenvalue weighted by Gasteiger charge is 2.38. The molecule has 2 rings (SSSR count). The van der Waals surface area contributed by atoms with E-state index in [4.69, 9.17) is 4.74 Å². The molecule has 0 spiro atoms. The van der Waals surface area contributed by atoms with Gasteiger partial charge in [-0.05, 0) is 31.5 Å². The zero-order valence-electron chi connectivity index (χ0n) is 11.7. The summed E-state index contributed by atoms with van der Waals surface area (Å²) in [4.78, 5) is 13.3. The summed E-state index contributed by atoms with van der Waals surface area (Å²) in [6.45, 7) is 5.13. The third-order valence-electron chi connectivity index (χ3n) is 3.69. The number of hydrogen-bond acceptors (Lipinski definition) is 4. The minimum Gasteiger partial charge on any atom is -0.481 e. The fourth-order valence-electron chi connectivity index (χ4n) is 2.66. The maximum Gasteiger partial charge on any atom is 0.311 e. The van der Waals surface area contributed by atoms with Gasteiger partial charge in [0.15, 0.2) is 0 Å². The summed E-state index contributed by atoms with van der Waals surface area (Å²) >= 11 is 0. The highest BCUT2D eigenvalue weighted by molar-refractivity contribution is 5.73. The fraction of sp³-hybridized carbons (Fsp3) is 0.467. The van der Waals surface area contributed by atoms with Crippen molar-refractivity contribution in [1.82, 2.24) is 0 Å². The van der Waals surface area contributed by atoms with Crippen LogP contribution in [0.4, 0.5) is 5.69 Å². The minimum absolute atomic E-state index is 0.226. The van der Waals surface area contributed by atoms with Crippen molar-refractivity contribution in [2.45, 2.75) is 19.9 Å². The number of carboxylic acid groups (broad SMARTS) is 1. The van der Waals surface area contributed by atoms with Gasteiger partial charge < -0.3 is 14.7 Å². The summed E-state index contributed by atoms with van der Waals surface area (Å²) in [7, 11) is 0. The van der Waals surface area contributed by atoms with E-state index >= 15 is 0 Å². The number of hydrogen-bond donors (Lipinski definition) is 1. The molecule has 1 aliphatic heterocycles. The molecule has 1 saturated heterocycles. The number of rotatable bonds is 4. The number of nitrogens with zero attached hydrogens (tertiary/aromatic N) is 2. The van der Waals surface area contributed by atoms with E-state index in [1.807, 2.05) is 36.9 Å². The molecule has 106 valence electrons. The molecule has 1 fully saturated rings. The van der Waals surface area contributed by atoms with Gasteiger partial charge in [0.05, 0.1) is 30.5 Å². The molecule has 2 unspecified atom stereocenters. The number of likely N-dealkylation sites (N-methyl/N-ethyl adjacent to an activating group) is 1. The van der Waals surface area contributed by atoms with E-state index in [0.717, 1.165) is 11.3 Å². The summed E-state index contributed by atoms with van der Waals surface area (Å²) in [6, 6.07) is 7.60. The number of ether oxygens (including phenoxy) is 1. The highest BCUT2D eigenvalue weighted by atomic mass is 16.5. The van der Waals surface area contributed by atoms with E-state index in [9.17, 15) is 15.2 Å². The smallest absolute Gasteiger partial charge is 0.311 e. The normalized spacial score (nSPS) is 21.4. The number of anilines is 1. The molecule has 5 heteroatoms. The SMILES string of the molecule is CCN(c1ccc(C)cc1C#N)C1COCC1C(=O)O. The molecule has 20 heavy (non-hydrogen) atoms. The number of aryl methyl sites for hydroxylation is 1. The molecule has 1 heterocycles. The van der Waals surface area contributed by atoms with Gasteiger partial charge in [-0.2, -0.15) is 5.26 Å². The first-order chi connectivity index (χ1) is 9.58. The topological polar surface area (TPSA) is 73.6 Å². The van der Waals surface area contributed by atoms with Crippen LogP contribution in [0.5, 0.6) is 0 Å². The van der Waals surface area contributed by atoms with Crippen molar-refractivity contribution >= 4 is 11.7 Å². The molecule has 1 aromatic carbocycles. The van der Waals surface area contributed by atoms with Crippen LogP contribution in [0.1, 0.15) is 18.1 Å². The van der Waals surface area contributed by atoms with Crippen LogP contribution in [-0.4, -0.2) is 36.9 Å². The van der Waals surface area contributed by atoms with E-state index in [1.54, 1.807) is 0 Å². The van der Waals surface area contributed by atoms with Gasteiger partial charge in [0.1, 0.15) is 12.0 Å². The Kier molecular flexibility index (Phi) is 4.26. The van der Waals surface area contributed by atoms with E-state index in [0.29, 0.717) is 18.7 Å². The number of carboxylic acids is 1. The lowest BCUT2D eigenvalue weighted by atomic mass is 10.00. The maximum absolute atomic E-state index is 11.3. The molecular weight excluding hydrogens is 256 g/mol. The van der Waals surface area contributed by atoms with E-state index in [-0.39, 0.29) is 12.6 Å². The number of aliphatic carboxylic acids is 1. The van der Waals surface area contributed by atoms with E-state index < -0.39 is 11.9 Å². The molecule has 0 amide bonds. The third-order valence-corrected chi connectivity index (χ3v) is 3.69. The third kappa shape index (κ3) is 2.61. The highest BCUT2D eigenvalue weighted by Crippen LogP contribution is 2.28. The molecule has 5 nitrogen and oxygen atoms in total. The van der Waals surface area contributed by atoms with Gasteiger partial charge in [0.25, 0.3) is 0 Å². The fourth-order valence-corrected chi connectivity index (χ4v) is 2.66. The van der Waals surface area contributed by atoms with E-state index in [2.05, 4.69) is 6.07 Å². The van der Waals surface area contributed by atoms with Crippen LogP contribution in [0.3, 0.4) is 0 Å². The predicted molar refractivity (Wildman–Crippen MR) is 74.6 cm³/mol. The Labute approximate surface area is 118 Å². The van der Waals surface area contributed by atoms with Crippen LogP contribution in [0.25, 0.3) is 0 Å². The molecule has 2 atom stereocenters. The maximum atomic E-state index is 11.3. The van der Waals surface area contributed by atoms with Crippen molar-refractivity contribution in [3.05, 3.63) is 29.3 Å². The second-order valence-corrected chi connectivity index (χ2v) is 4.97. The zero-order valence-corrected chi connectivity index (χ0v) is 11.7. The van der Waals surface area contributed by atoms with Crippen LogP contribution < -0.4 is 4.90 Å². The van der Waals surface area contributed by atoms with Gasteiger partial charge >= 0.3 is 5.97 Å². The van der Waals surface area contributed by atoms with Crippen molar-refractivity contribution in [3.63, 3.8) is 0 Å². The Morgan fingerprint density at radius 1 is 1.55 bits per heavy atom. The Balaban J connectivity index is 2.38. The van der Waals surface area contributed by atoms with Gasteiger partial charge in [-0.1, -0.05) is 6.07 Å². The standard InChI is InChI=1S/C15H18N2O3/c1-3-17(14-9-20-8-12(14)15(18)19)13-5-4-10(2)6-11(13)7-16/h4-6,12,14H,3,8-9H2,1-2H3,(H,18,19). The van der Waals surface area contributed by atoms with E-state index in [1.165, 1.54) is 0 Å². The largest absolute Gasteiger partial charge is 0.481 e. The molecule has 0 radical (unpaired) electrons. The molecule has 1 aromatic rings. The first-order valence-corrected chi connectivity index (χ1v) is 6.66. The summed E-state index contributed by atoms with van der Waals surface area (Å²) in [5.74, 6) is -1.40. The van der Waals surface area contributed by atoms with Gasteiger partial charge in [0, 0.05) is 6.54 Å². The van der Waals surface area contributed by atoms with Crippen LogP contribution >= 0.6 is 0 Å². The van der Waals surface area contributed by atoms with Crippen molar-refractivity contribution in [2.75, 3.05) is 24.7 Å². The van der Waals surface area contributed by atoms with Crippen LogP contribution in [0.2, 0.25) is 0 Å². The second-order valence-electron chi connectivity index (χ2n) is 4.97. The average Bonchev–Trinajstić information content (AvgIpc) is 2.90. The average molecular weight is 274 g/mol. The summed E-state index contributed by atoms with van der Waals surface area (Å²) < 4.78 is 5.33. The first kappa shape index (κ1) is 14.4. The van der Waals surface area contributed by atoms with Gasteiger partial charge in [0.2, 0.25) is 0 Å². The lowest BCUT2D eigenvalue weighted by Crippen LogP contribution is -2.43. The lowest BCUT2D eigenvalue weighted by Gasteiger charge is -2.32. The molecule has 0 aromatic heterocycles. The molecular formula is C15H18N2O3. The monoisotopic (exact) mass is 274 g/mol. The molecule has 1 N–H and O–H groups in total. The first-order valence-electron chi connectivity index (χ1n) is 6.66. The van der Waals surface area contributed by atoms with Gasteiger partial charge in [-0.15, -0.1) is 0 Å². The van der Waals surface area contributed by atoms with Gasteiger partial charge in [-0.3, -0.25) is 4.79 Å². The van der Waals surface area contributed by atoms with Crippen LogP contribution in [0, 0.1) is 24.2 Å².